The third-order valence-electron chi connectivity index (χ3n) is 2.48. The van der Waals surface area contributed by atoms with Gasteiger partial charge >= 0.3 is 0 Å². The van der Waals surface area contributed by atoms with Gasteiger partial charge in [0.1, 0.15) is 10.0 Å². The maximum absolute atomic E-state index is 12.2. The summed E-state index contributed by atoms with van der Waals surface area (Å²) >= 11 is 17.9. The number of rotatable bonds is 3. The first-order chi connectivity index (χ1) is 10.2. The number of carbonyl (C=O) groups excluding carboxylic acids is 1. The first-order valence-corrected chi connectivity index (χ1v) is 9.36. The van der Waals surface area contributed by atoms with E-state index in [9.17, 15) is 13.2 Å². The molecular weight excluding hydrogens is 483 g/mol. The highest BCUT2D eigenvalue weighted by Crippen LogP contribution is 2.24. The highest BCUT2D eigenvalue weighted by atomic mass is 79.9. The van der Waals surface area contributed by atoms with Crippen LogP contribution in [0.4, 0.5) is 0 Å². The van der Waals surface area contributed by atoms with Crippen molar-refractivity contribution in [1.29, 1.82) is 0 Å². The fourth-order valence-corrected chi connectivity index (χ4v) is 3.76. The molecule has 0 bridgehead atoms. The molecule has 2 rings (SSSR count). The molecule has 1 N–H and O–H groups in total. The van der Waals surface area contributed by atoms with E-state index in [0.29, 0.717) is 8.95 Å². The lowest BCUT2D eigenvalue weighted by molar-refractivity contribution is 0.0981. The summed E-state index contributed by atoms with van der Waals surface area (Å²) in [6, 6.07) is 5.72. The first-order valence-electron chi connectivity index (χ1n) is 5.54. The van der Waals surface area contributed by atoms with Gasteiger partial charge in [0.15, 0.2) is 0 Å². The molecule has 0 saturated heterocycles. The van der Waals surface area contributed by atoms with Gasteiger partial charge in [0.2, 0.25) is 0 Å². The molecule has 0 unspecified atom stereocenters. The average molecular weight is 489 g/mol. The molecule has 0 spiro atoms. The van der Waals surface area contributed by atoms with Crippen molar-refractivity contribution >= 4 is 71.0 Å². The number of carbonyl (C=O) groups is 1. The Labute approximate surface area is 153 Å². The maximum Gasteiger partial charge on any atom is 0.266 e. The van der Waals surface area contributed by atoms with Crippen molar-refractivity contribution in [3.05, 3.63) is 55.1 Å². The molecule has 10 heteroatoms. The molecule has 1 amide bonds. The lowest BCUT2D eigenvalue weighted by Crippen LogP contribution is -2.30. The summed E-state index contributed by atoms with van der Waals surface area (Å²) in [5, 5.41) is 0.235. The topological polar surface area (TPSA) is 76.1 Å². The summed E-state index contributed by atoms with van der Waals surface area (Å²) in [6.07, 6.45) is 1.05. The van der Waals surface area contributed by atoms with E-state index in [4.69, 9.17) is 23.2 Å². The molecule has 0 aliphatic heterocycles. The monoisotopic (exact) mass is 486 g/mol. The number of sulfonamides is 1. The van der Waals surface area contributed by atoms with Crippen molar-refractivity contribution in [2.75, 3.05) is 0 Å². The Morgan fingerprint density at radius 1 is 1.18 bits per heavy atom. The Morgan fingerprint density at radius 2 is 1.86 bits per heavy atom. The van der Waals surface area contributed by atoms with Crippen molar-refractivity contribution in [2.45, 2.75) is 4.90 Å². The van der Waals surface area contributed by atoms with Crippen molar-refractivity contribution in [1.82, 2.24) is 9.71 Å². The largest absolute Gasteiger partial charge is 0.268 e. The van der Waals surface area contributed by atoms with Gasteiger partial charge in [0.05, 0.1) is 15.1 Å². The first kappa shape index (κ1) is 17.7. The van der Waals surface area contributed by atoms with E-state index in [2.05, 4.69) is 36.8 Å². The molecule has 1 aromatic carbocycles. The molecule has 1 heterocycles. The van der Waals surface area contributed by atoms with Crippen molar-refractivity contribution in [3.8, 4) is 0 Å². The van der Waals surface area contributed by atoms with Crippen molar-refractivity contribution < 1.29 is 13.2 Å². The smallest absolute Gasteiger partial charge is 0.266 e. The van der Waals surface area contributed by atoms with Crippen molar-refractivity contribution in [2.24, 2.45) is 0 Å². The fourth-order valence-electron chi connectivity index (χ4n) is 1.46. The van der Waals surface area contributed by atoms with E-state index >= 15 is 0 Å². The van der Waals surface area contributed by atoms with Crippen LogP contribution in [-0.2, 0) is 10.0 Å². The summed E-state index contributed by atoms with van der Waals surface area (Å²) in [7, 11) is -4.09. The predicted molar refractivity (Wildman–Crippen MR) is 90.8 cm³/mol. The van der Waals surface area contributed by atoms with Crippen molar-refractivity contribution in [3.63, 3.8) is 0 Å². The molecule has 0 fully saturated rings. The van der Waals surface area contributed by atoms with E-state index < -0.39 is 15.9 Å². The predicted octanol–water partition coefficient (Wildman–Crippen LogP) is 4.03. The van der Waals surface area contributed by atoms with Gasteiger partial charge in [-0.2, -0.15) is 0 Å². The van der Waals surface area contributed by atoms with Gasteiger partial charge in [0, 0.05) is 10.7 Å². The second-order valence-electron chi connectivity index (χ2n) is 4.00. The highest BCUT2D eigenvalue weighted by molar-refractivity contribution is 9.10. The van der Waals surface area contributed by atoms with Crippen LogP contribution < -0.4 is 4.72 Å². The Balaban J connectivity index is 2.31. The Kier molecular flexibility index (Phi) is 5.50. The zero-order valence-corrected chi connectivity index (χ0v) is 16.0. The molecule has 5 nitrogen and oxygen atoms in total. The van der Waals surface area contributed by atoms with Gasteiger partial charge in [-0.1, -0.05) is 39.1 Å². The molecule has 0 atom stereocenters. The minimum absolute atomic E-state index is 0.0365. The number of amides is 1. The number of nitrogens with zero attached hydrogens (tertiary/aromatic N) is 1. The van der Waals surface area contributed by atoms with Gasteiger partial charge in [0.25, 0.3) is 15.9 Å². The SMILES string of the molecule is O=C(NS(=O)(=O)c1cnc(Cl)c(Br)c1)c1ccc(Br)cc1Cl. The van der Waals surface area contributed by atoms with Gasteiger partial charge in [-0.15, -0.1) is 0 Å². The minimum Gasteiger partial charge on any atom is -0.268 e. The molecule has 0 saturated carbocycles. The molecule has 2 aromatic rings. The van der Waals surface area contributed by atoms with Crippen LogP contribution in [0.25, 0.3) is 0 Å². The lowest BCUT2D eigenvalue weighted by atomic mass is 10.2. The molecular formula is C12H6Br2Cl2N2O3S. The van der Waals surface area contributed by atoms with Crippen LogP contribution in [-0.4, -0.2) is 19.3 Å². The summed E-state index contributed by atoms with van der Waals surface area (Å²) in [5.74, 6) is -0.844. The Hall–Kier alpha value is -0.670. The van der Waals surface area contributed by atoms with E-state index in [-0.39, 0.29) is 20.6 Å². The van der Waals surface area contributed by atoms with Crippen LogP contribution in [0.1, 0.15) is 10.4 Å². The molecule has 1 aromatic heterocycles. The van der Waals surface area contributed by atoms with Gasteiger partial charge < -0.3 is 0 Å². The molecule has 116 valence electrons. The summed E-state index contributed by atoms with van der Waals surface area (Å²) in [5.41, 5.74) is 0.0365. The molecule has 0 aliphatic carbocycles. The van der Waals surface area contributed by atoms with Gasteiger partial charge in [-0.3, -0.25) is 4.79 Å². The van der Waals surface area contributed by atoms with E-state index in [0.717, 1.165) is 6.20 Å². The minimum atomic E-state index is -4.09. The summed E-state index contributed by atoms with van der Waals surface area (Å²) in [6.45, 7) is 0. The number of aromatic nitrogens is 1. The second-order valence-corrected chi connectivity index (χ2v) is 8.22. The van der Waals surface area contributed by atoms with E-state index in [1.54, 1.807) is 6.07 Å². The van der Waals surface area contributed by atoms with Crippen LogP contribution in [0, 0.1) is 0 Å². The maximum atomic E-state index is 12.2. The lowest BCUT2D eigenvalue weighted by Gasteiger charge is -2.08. The zero-order chi connectivity index (χ0) is 16.5. The number of nitrogens with one attached hydrogen (secondary N) is 1. The number of hydrogen-bond acceptors (Lipinski definition) is 4. The van der Waals surface area contributed by atoms with E-state index in [1.165, 1.54) is 18.2 Å². The van der Waals surface area contributed by atoms with Crippen LogP contribution >= 0.6 is 55.1 Å². The van der Waals surface area contributed by atoms with Crippen LogP contribution in [0.2, 0.25) is 10.2 Å². The second kappa shape index (κ2) is 6.84. The normalized spacial score (nSPS) is 11.3. The third-order valence-corrected chi connectivity index (χ3v) is 5.72. The third kappa shape index (κ3) is 3.99. The van der Waals surface area contributed by atoms with Crippen LogP contribution in [0.3, 0.4) is 0 Å². The number of benzene rings is 1. The Morgan fingerprint density at radius 3 is 2.45 bits per heavy atom. The standard InChI is InChI=1S/C12H6Br2Cl2N2O3S/c13-6-1-2-8(10(15)3-6)12(19)18-22(20,21)7-4-9(14)11(16)17-5-7/h1-5H,(H,18,19). The van der Waals surface area contributed by atoms with Crippen LogP contribution in [0.15, 0.2) is 44.3 Å². The Bertz CT molecular complexity index is 859. The summed E-state index contributed by atoms with van der Waals surface area (Å²) < 4.78 is 27.2. The molecule has 0 radical (unpaired) electrons. The number of hydrogen-bond donors (Lipinski definition) is 1. The number of halogens is 4. The quantitative estimate of drug-likeness (QED) is 0.662. The molecule has 22 heavy (non-hydrogen) atoms. The molecule has 0 aliphatic rings. The van der Waals surface area contributed by atoms with E-state index in [1.807, 2.05) is 4.72 Å². The fraction of sp³-hybridized carbons (Fsp3) is 0. The zero-order valence-electron chi connectivity index (χ0n) is 10.5. The average Bonchev–Trinajstić information content (AvgIpc) is 2.40. The number of pyridine rings is 1. The van der Waals surface area contributed by atoms with Crippen LogP contribution in [0.5, 0.6) is 0 Å². The summed E-state index contributed by atoms with van der Waals surface area (Å²) in [4.78, 5) is 15.6. The van der Waals surface area contributed by atoms with Gasteiger partial charge in [-0.05, 0) is 40.2 Å². The van der Waals surface area contributed by atoms with Gasteiger partial charge in [-0.25, -0.2) is 18.1 Å². The highest BCUT2D eigenvalue weighted by Gasteiger charge is 2.21.